The maximum Gasteiger partial charge on any atom is 0.307 e. The number of carbonyl (C=O) groups is 1. The molecular formula is C11H22N2O2. The molecule has 0 aliphatic carbocycles. The van der Waals surface area contributed by atoms with Crippen LogP contribution in [0.25, 0.3) is 0 Å². The van der Waals surface area contributed by atoms with E-state index in [9.17, 15) is 4.79 Å². The highest BCUT2D eigenvalue weighted by molar-refractivity contribution is 5.70. The quantitative estimate of drug-likeness (QED) is 0.641. The van der Waals surface area contributed by atoms with E-state index in [0.717, 1.165) is 26.2 Å². The van der Waals surface area contributed by atoms with Crippen LogP contribution in [0.15, 0.2) is 0 Å². The SMILES string of the molecule is CCOC(=O)CC(C)N1CCN(C)CC1. The first kappa shape index (κ1) is 12.5. The standard InChI is InChI=1S/C11H22N2O2/c1-4-15-11(14)9-10(2)13-7-5-12(3)6-8-13/h10H,4-9H2,1-3H3. The minimum absolute atomic E-state index is 0.0797. The summed E-state index contributed by atoms with van der Waals surface area (Å²) in [6.07, 6.45) is 0.511. The highest BCUT2D eigenvalue weighted by Crippen LogP contribution is 2.08. The van der Waals surface area contributed by atoms with Crippen LogP contribution < -0.4 is 0 Å². The smallest absolute Gasteiger partial charge is 0.307 e. The summed E-state index contributed by atoms with van der Waals surface area (Å²) in [5.74, 6) is -0.0797. The molecule has 15 heavy (non-hydrogen) atoms. The molecule has 0 aromatic heterocycles. The highest BCUT2D eigenvalue weighted by Gasteiger charge is 2.21. The molecule has 0 aromatic carbocycles. The number of hydrogen-bond acceptors (Lipinski definition) is 4. The summed E-state index contributed by atoms with van der Waals surface area (Å²) in [6.45, 7) is 8.71. The maximum absolute atomic E-state index is 11.3. The third kappa shape index (κ3) is 4.18. The number of nitrogens with zero attached hydrogens (tertiary/aromatic N) is 2. The number of likely N-dealkylation sites (N-methyl/N-ethyl adjacent to an activating group) is 1. The van der Waals surface area contributed by atoms with E-state index in [0.29, 0.717) is 19.1 Å². The summed E-state index contributed by atoms with van der Waals surface area (Å²) in [5, 5.41) is 0. The lowest BCUT2D eigenvalue weighted by molar-refractivity contribution is -0.144. The molecule has 1 fully saturated rings. The average Bonchev–Trinajstić information content (AvgIpc) is 2.18. The van der Waals surface area contributed by atoms with Gasteiger partial charge in [0, 0.05) is 32.2 Å². The average molecular weight is 214 g/mol. The zero-order valence-corrected chi connectivity index (χ0v) is 10.0. The predicted molar refractivity (Wildman–Crippen MR) is 59.8 cm³/mol. The Balaban J connectivity index is 2.27. The Bertz CT molecular complexity index is 201. The van der Waals surface area contributed by atoms with Gasteiger partial charge in [0.05, 0.1) is 13.0 Å². The van der Waals surface area contributed by atoms with E-state index in [4.69, 9.17) is 4.74 Å². The second-order valence-corrected chi connectivity index (χ2v) is 4.20. The number of carbonyl (C=O) groups excluding carboxylic acids is 1. The molecule has 1 aliphatic heterocycles. The molecule has 1 aliphatic rings. The second-order valence-electron chi connectivity index (χ2n) is 4.20. The summed E-state index contributed by atoms with van der Waals surface area (Å²) in [5.41, 5.74) is 0. The van der Waals surface area contributed by atoms with Crippen LogP contribution in [0.1, 0.15) is 20.3 Å². The van der Waals surface area contributed by atoms with E-state index in [1.807, 2.05) is 6.92 Å². The van der Waals surface area contributed by atoms with Gasteiger partial charge in [-0.3, -0.25) is 9.69 Å². The van der Waals surface area contributed by atoms with Crippen molar-refractivity contribution < 1.29 is 9.53 Å². The van der Waals surface area contributed by atoms with Gasteiger partial charge in [0.2, 0.25) is 0 Å². The Labute approximate surface area is 92.2 Å². The van der Waals surface area contributed by atoms with Gasteiger partial charge in [-0.15, -0.1) is 0 Å². The summed E-state index contributed by atoms with van der Waals surface area (Å²) in [7, 11) is 2.13. The van der Waals surface area contributed by atoms with E-state index in [1.54, 1.807) is 0 Å². The molecule has 4 heteroatoms. The lowest BCUT2D eigenvalue weighted by Crippen LogP contribution is -2.48. The molecule has 0 radical (unpaired) electrons. The van der Waals surface area contributed by atoms with E-state index in [2.05, 4.69) is 23.8 Å². The van der Waals surface area contributed by atoms with Crippen LogP contribution in [0.4, 0.5) is 0 Å². The molecule has 0 amide bonds. The summed E-state index contributed by atoms with van der Waals surface area (Å²) >= 11 is 0. The highest BCUT2D eigenvalue weighted by atomic mass is 16.5. The normalized spacial score (nSPS) is 21.3. The Hall–Kier alpha value is -0.610. The van der Waals surface area contributed by atoms with Crippen LogP contribution in [0.5, 0.6) is 0 Å². The van der Waals surface area contributed by atoms with Crippen molar-refractivity contribution in [3.63, 3.8) is 0 Å². The van der Waals surface area contributed by atoms with Crippen LogP contribution in [0.2, 0.25) is 0 Å². The van der Waals surface area contributed by atoms with Crippen LogP contribution in [0.3, 0.4) is 0 Å². The van der Waals surface area contributed by atoms with E-state index >= 15 is 0 Å². The first-order chi connectivity index (χ1) is 7.13. The number of rotatable bonds is 4. The lowest BCUT2D eigenvalue weighted by atomic mass is 10.2. The molecule has 88 valence electrons. The van der Waals surface area contributed by atoms with Crippen molar-refractivity contribution in [3.8, 4) is 0 Å². The number of esters is 1. The van der Waals surface area contributed by atoms with Crippen molar-refractivity contribution >= 4 is 5.97 Å². The maximum atomic E-state index is 11.3. The Morgan fingerprint density at radius 2 is 1.93 bits per heavy atom. The first-order valence-corrected chi connectivity index (χ1v) is 5.71. The van der Waals surface area contributed by atoms with Gasteiger partial charge in [0.25, 0.3) is 0 Å². The predicted octanol–water partition coefficient (Wildman–Crippen LogP) is 0.576. The van der Waals surface area contributed by atoms with Crippen LogP contribution in [0, 0.1) is 0 Å². The van der Waals surface area contributed by atoms with Crippen molar-refractivity contribution in [2.45, 2.75) is 26.3 Å². The zero-order valence-electron chi connectivity index (χ0n) is 10.0. The molecule has 0 aromatic rings. The Kier molecular flexibility index (Phi) is 5.05. The van der Waals surface area contributed by atoms with Gasteiger partial charge in [0.15, 0.2) is 0 Å². The number of hydrogen-bond donors (Lipinski definition) is 0. The molecule has 1 heterocycles. The minimum Gasteiger partial charge on any atom is -0.466 e. The van der Waals surface area contributed by atoms with Crippen LogP contribution in [-0.4, -0.2) is 61.6 Å². The molecule has 0 N–H and O–H groups in total. The van der Waals surface area contributed by atoms with Gasteiger partial charge >= 0.3 is 5.97 Å². The monoisotopic (exact) mass is 214 g/mol. The van der Waals surface area contributed by atoms with Gasteiger partial charge < -0.3 is 9.64 Å². The first-order valence-electron chi connectivity index (χ1n) is 5.71. The molecule has 4 nitrogen and oxygen atoms in total. The van der Waals surface area contributed by atoms with Crippen molar-refractivity contribution in [2.24, 2.45) is 0 Å². The number of piperazine rings is 1. The molecule has 0 saturated carbocycles. The van der Waals surface area contributed by atoms with E-state index < -0.39 is 0 Å². The summed E-state index contributed by atoms with van der Waals surface area (Å²) < 4.78 is 4.95. The van der Waals surface area contributed by atoms with Gasteiger partial charge in [-0.05, 0) is 20.9 Å². The lowest BCUT2D eigenvalue weighted by Gasteiger charge is -2.36. The van der Waals surface area contributed by atoms with Crippen LogP contribution in [-0.2, 0) is 9.53 Å². The molecule has 1 atom stereocenters. The molecule has 1 unspecified atom stereocenters. The van der Waals surface area contributed by atoms with Gasteiger partial charge in [-0.25, -0.2) is 0 Å². The third-order valence-corrected chi connectivity index (χ3v) is 2.93. The third-order valence-electron chi connectivity index (χ3n) is 2.93. The van der Waals surface area contributed by atoms with E-state index in [1.165, 1.54) is 0 Å². The fourth-order valence-corrected chi connectivity index (χ4v) is 1.85. The topological polar surface area (TPSA) is 32.8 Å². The molecule has 0 bridgehead atoms. The molecule has 1 saturated heterocycles. The second kappa shape index (κ2) is 6.08. The van der Waals surface area contributed by atoms with Crippen molar-refractivity contribution in [2.75, 3.05) is 39.8 Å². The summed E-state index contributed by atoms with van der Waals surface area (Å²) in [6, 6.07) is 0.303. The molecule has 0 spiro atoms. The van der Waals surface area contributed by atoms with E-state index in [-0.39, 0.29) is 5.97 Å². The Morgan fingerprint density at radius 1 is 1.33 bits per heavy atom. The fraction of sp³-hybridized carbons (Fsp3) is 0.909. The fourth-order valence-electron chi connectivity index (χ4n) is 1.85. The van der Waals surface area contributed by atoms with Crippen molar-refractivity contribution in [1.82, 2.24) is 9.80 Å². The van der Waals surface area contributed by atoms with Gasteiger partial charge in [0.1, 0.15) is 0 Å². The van der Waals surface area contributed by atoms with Crippen molar-refractivity contribution in [3.05, 3.63) is 0 Å². The Morgan fingerprint density at radius 3 is 2.47 bits per heavy atom. The molecular weight excluding hydrogens is 192 g/mol. The number of ether oxygens (including phenoxy) is 1. The zero-order chi connectivity index (χ0) is 11.3. The minimum atomic E-state index is -0.0797. The molecule has 1 rings (SSSR count). The van der Waals surface area contributed by atoms with Gasteiger partial charge in [-0.2, -0.15) is 0 Å². The summed E-state index contributed by atoms with van der Waals surface area (Å²) in [4.78, 5) is 16.0. The van der Waals surface area contributed by atoms with Crippen molar-refractivity contribution in [1.29, 1.82) is 0 Å². The largest absolute Gasteiger partial charge is 0.466 e. The van der Waals surface area contributed by atoms with Crippen LogP contribution >= 0.6 is 0 Å². The van der Waals surface area contributed by atoms with Gasteiger partial charge in [-0.1, -0.05) is 0 Å².